The van der Waals surface area contributed by atoms with Gasteiger partial charge in [0.25, 0.3) is 0 Å². The molecule has 0 aliphatic carbocycles. The Hall–Kier alpha value is -1.09. The summed E-state index contributed by atoms with van der Waals surface area (Å²) in [6.45, 7) is 2.61. The number of aryl methyl sites for hydroxylation is 1. The van der Waals surface area contributed by atoms with Crippen molar-refractivity contribution in [1.29, 1.82) is 0 Å². The van der Waals surface area contributed by atoms with E-state index in [-0.39, 0.29) is 11.9 Å². The number of halogens is 1. The topological polar surface area (TPSA) is 35.2 Å². The van der Waals surface area contributed by atoms with Gasteiger partial charge in [0.1, 0.15) is 11.6 Å². The van der Waals surface area contributed by atoms with Crippen molar-refractivity contribution in [1.82, 2.24) is 0 Å². The fraction of sp³-hybridized carbons (Fsp3) is 0.455. The molecule has 0 aromatic heterocycles. The first-order valence-electron chi connectivity index (χ1n) is 4.93. The van der Waals surface area contributed by atoms with Gasteiger partial charge in [0.05, 0.1) is 6.61 Å². The van der Waals surface area contributed by atoms with Crippen LogP contribution in [0.2, 0.25) is 0 Å². The highest BCUT2D eigenvalue weighted by molar-refractivity contribution is 5.45. The highest BCUT2D eigenvalue weighted by atomic mass is 19.1. The van der Waals surface area contributed by atoms with Gasteiger partial charge < -0.3 is 10.5 Å². The quantitative estimate of drug-likeness (QED) is 0.745. The fourth-order valence-corrected chi connectivity index (χ4v) is 1.85. The summed E-state index contributed by atoms with van der Waals surface area (Å²) >= 11 is 0. The molecule has 1 unspecified atom stereocenters. The monoisotopic (exact) mass is 195 g/mol. The summed E-state index contributed by atoms with van der Waals surface area (Å²) in [6, 6.07) is 3.03. The lowest BCUT2D eigenvalue weighted by atomic mass is 9.97. The zero-order valence-corrected chi connectivity index (χ0v) is 8.22. The van der Waals surface area contributed by atoms with E-state index in [0.29, 0.717) is 24.3 Å². The zero-order chi connectivity index (χ0) is 10.1. The molecule has 76 valence electrons. The molecule has 0 saturated carbocycles. The number of nitrogens with two attached hydrogens (primary N) is 1. The van der Waals surface area contributed by atoms with Crippen LogP contribution in [0.25, 0.3) is 0 Å². The van der Waals surface area contributed by atoms with Gasteiger partial charge in [0, 0.05) is 18.0 Å². The molecule has 1 heterocycles. The van der Waals surface area contributed by atoms with Gasteiger partial charge in [-0.3, -0.25) is 0 Å². The Morgan fingerprint density at radius 1 is 1.57 bits per heavy atom. The molecule has 1 aromatic rings. The van der Waals surface area contributed by atoms with Crippen LogP contribution in [-0.4, -0.2) is 6.61 Å². The SMILES string of the molecule is CCc1ccc(F)c2c1OCCC2N. The normalized spacial score (nSPS) is 20.1. The Morgan fingerprint density at radius 2 is 2.36 bits per heavy atom. The van der Waals surface area contributed by atoms with Gasteiger partial charge >= 0.3 is 0 Å². The molecule has 2 N–H and O–H groups in total. The number of fused-ring (bicyclic) bond motifs is 1. The van der Waals surface area contributed by atoms with Gasteiger partial charge in [-0.05, 0) is 18.1 Å². The van der Waals surface area contributed by atoms with E-state index in [4.69, 9.17) is 10.5 Å². The molecule has 0 radical (unpaired) electrons. The summed E-state index contributed by atoms with van der Waals surface area (Å²) in [5, 5.41) is 0. The molecule has 1 aliphatic heterocycles. The molecule has 3 heteroatoms. The third-order valence-electron chi connectivity index (χ3n) is 2.65. The van der Waals surface area contributed by atoms with Gasteiger partial charge in [0.15, 0.2) is 0 Å². The minimum absolute atomic E-state index is 0.217. The number of ether oxygens (including phenoxy) is 1. The molecule has 0 amide bonds. The number of rotatable bonds is 1. The second-order valence-electron chi connectivity index (χ2n) is 3.55. The average molecular weight is 195 g/mol. The molecule has 0 spiro atoms. The van der Waals surface area contributed by atoms with E-state index in [2.05, 4.69) is 0 Å². The number of hydrogen-bond acceptors (Lipinski definition) is 2. The van der Waals surface area contributed by atoms with E-state index in [0.717, 1.165) is 12.0 Å². The molecular formula is C11H14FNO. The molecule has 2 nitrogen and oxygen atoms in total. The first-order chi connectivity index (χ1) is 6.74. The van der Waals surface area contributed by atoms with E-state index in [9.17, 15) is 4.39 Å². The predicted octanol–water partition coefficient (Wildman–Crippen LogP) is 2.17. The molecule has 1 aromatic carbocycles. The summed E-state index contributed by atoms with van der Waals surface area (Å²) in [5.41, 5.74) is 7.44. The van der Waals surface area contributed by atoms with Crippen molar-refractivity contribution in [2.75, 3.05) is 6.61 Å². The van der Waals surface area contributed by atoms with Crippen LogP contribution < -0.4 is 10.5 Å². The van der Waals surface area contributed by atoms with Crippen molar-refractivity contribution in [3.8, 4) is 5.75 Å². The standard InChI is InChI=1S/C11H14FNO/c1-2-7-3-4-8(12)10-9(13)5-6-14-11(7)10/h3-4,9H,2,5-6,13H2,1H3. The first-order valence-corrected chi connectivity index (χ1v) is 4.93. The van der Waals surface area contributed by atoms with E-state index in [1.165, 1.54) is 6.07 Å². The molecule has 14 heavy (non-hydrogen) atoms. The third-order valence-corrected chi connectivity index (χ3v) is 2.65. The summed E-state index contributed by atoms with van der Waals surface area (Å²) in [7, 11) is 0. The van der Waals surface area contributed by atoms with Crippen molar-refractivity contribution >= 4 is 0 Å². The number of hydrogen-bond donors (Lipinski definition) is 1. The summed E-state index contributed by atoms with van der Waals surface area (Å²) in [4.78, 5) is 0. The van der Waals surface area contributed by atoms with Crippen molar-refractivity contribution in [2.45, 2.75) is 25.8 Å². The molecule has 2 rings (SSSR count). The molecule has 0 fully saturated rings. The molecule has 0 bridgehead atoms. The lowest BCUT2D eigenvalue weighted by Gasteiger charge is -2.25. The average Bonchev–Trinajstić information content (AvgIpc) is 2.18. The Morgan fingerprint density at radius 3 is 3.07 bits per heavy atom. The molecule has 0 saturated heterocycles. The van der Waals surface area contributed by atoms with Crippen LogP contribution in [0.3, 0.4) is 0 Å². The third kappa shape index (κ3) is 1.38. The maximum absolute atomic E-state index is 13.5. The van der Waals surface area contributed by atoms with Gasteiger partial charge in [-0.15, -0.1) is 0 Å². The predicted molar refractivity (Wildman–Crippen MR) is 52.8 cm³/mol. The first kappa shape index (κ1) is 9.46. The van der Waals surface area contributed by atoms with Crippen LogP contribution >= 0.6 is 0 Å². The minimum Gasteiger partial charge on any atom is -0.493 e. The lowest BCUT2D eigenvalue weighted by Crippen LogP contribution is -2.22. The summed E-state index contributed by atoms with van der Waals surface area (Å²) in [6.07, 6.45) is 1.53. The number of benzene rings is 1. The smallest absolute Gasteiger partial charge is 0.131 e. The fourth-order valence-electron chi connectivity index (χ4n) is 1.85. The van der Waals surface area contributed by atoms with E-state index >= 15 is 0 Å². The van der Waals surface area contributed by atoms with Gasteiger partial charge in [0.2, 0.25) is 0 Å². The highest BCUT2D eigenvalue weighted by Crippen LogP contribution is 2.35. The second kappa shape index (κ2) is 3.58. The van der Waals surface area contributed by atoms with Crippen molar-refractivity contribution in [2.24, 2.45) is 5.73 Å². The Bertz CT molecular complexity index is 351. The molecule has 1 aliphatic rings. The van der Waals surface area contributed by atoms with Gasteiger partial charge in [-0.1, -0.05) is 13.0 Å². The maximum atomic E-state index is 13.5. The van der Waals surface area contributed by atoms with Crippen LogP contribution in [0, 0.1) is 5.82 Å². The van der Waals surface area contributed by atoms with Crippen molar-refractivity contribution in [3.63, 3.8) is 0 Å². The Balaban J connectivity index is 2.57. The van der Waals surface area contributed by atoms with Crippen LogP contribution in [0.15, 0.2) is 12.1 Å². The lowest BCUT2D eigenvalue weighted by molar-refractivity contribution is 0.261. The van der Waals surface area contributed by atoms with E-state index in [1.54, 1.807) is 6.07 Å². The van der Waals surface area contributed by atoms with Crippen LogP contribution in [0.1, 0.15) is 30.5 Å². The Kier molecular flexibility index (Phi) is 2.42. The second-order valence-corrected chi connectivity index (χ2v) is 3.55. The van der Waals surface area contributed by atoms with E-state index < -0.39 is 0 Å². The van der Waals surface area contributed by atoms with Crippen LogP contribution in [0.5, 0.6) is 5.75 Å². The van der Waals surface area contributed by atoms with E-state index in [1.807, 2.05) is 6.92 Å². The molecular weight excluding hydrogens is 181 g/mol. The molecule has 1 atom stereocenters. The maximum Gasteiger partial charge on any atom is 0.131 e. The zero-order valence-electron chi connectivity index (χ0n) is 8.22. The minimum atomic E-state index is -0.246. The largest absolute Gasteiger partial charge is 0.493 e. The van der Waals surface area contributed by atoms with Crippen LogP contribution in [0.4, 0.5) is 4.39 Å². The summed E-state index contributed by atoms with van der Waals surface area (Å²) < 4.78 is 19.0. The van der Waals surface area contributed by atoms with Crippen molar-refractivity contribution < 1.29 is 9.13 Å². The van der Waals surface area contributed by atoms with Gasteiger partial charge in [-0.2, -0.15) is 0 Å². The van der Waals surface area contributed by atoms with Crippen molar-refractivity contribution in [3.05, 3.63) is 29.1 Å². The Labute approximate surface area is 82.9 Å². The van der Waals surface area contributed by atoms with Gasteiger partial charge in [-0.25, -0.2) is 4.39 Å². The highest BCUT2D eigenvalue weighted by Gasteiger charge is 2.23. The van der Waals surface area contributed by atoms with Crippen LogP contribution in [-0.2, 0) is 6.42 Å². The summed E-state index contributed by atoms with van der Waals surface area (Å²) in [5.74, 6) is 0.427.